The molecule has 0 bridgehead atoms. The molecule has 0 amide bonds. The van der Waals surface area contributed by atoms with E-state index in [1.54, 1.807) is 0 Å². The fraction of sp³-hybridized carbons (Fsp3) is 0.526. The highest BCUT2D eigenvalue weighted by Crippen LogP contribution is 2.38. The number of nitrogens with one attached hydrogen (secondary N) is 1. The molecule has 1 aromatic heterocycles. The molecule has 2 fully saturated rings. The lowest BCUT2D eigenvalue weighted by molar-refractivity contribution is -0.102. The number of hydrogen-bond acceptors (Lipinski definition) is 3. The first kappa shape index (κ1) is 14.9. The Kier molecular flexibility index (Phi) is 3.74. The number of aliphatic imine (C=N–C) groups is 1. The number of H-pyrrole nitrogens is 1. The first-order chi connectivity index (χ1) is 11.2. The number of likely N-dealkylation sites (tertiary alicyclic amines) is 1. The van der Waals surface area contributed by atoms with Crippen molar-refractivity contribution in [2.24, 2.45) is 4.99 Å². The second kappa shape index (κ2) is 5.77. The lowest BCUT2D eigenvalue weighted by Gasteiger charge is -2.51. The van der Waals surface area contributed by atoms with Gasteiger partial charge in [0.1, 0.15) is 5.60 Å². The Morgan fingerprint density at radius 3 is 2.87 bits per heavy atom. The standard InChI is InChI=1S/C19H25N3O/c1-14-18(19(23-14)8-11-22(2)12-9-19)20-10-7-15-13-21-17-6-4-3-5-16(15)17/h3-6,13-14,21H,7-12H2,1-2H3. The molecular formula is C19H25N3O. The van der Waals surface area contributed by atoms with Gasteiger partial charge in [-0.05, 0) is 44.9 Å². The number of aromatic amines is 1. The van der Waals surface area contributed by atoms with Crippen LogP contribution in [0.15, 0.2) is 35.5 Å². The van der Waals surface area contributed by atoms with E-state index in [1.165, 1.54) is 22.2 Å². The number of rotatable bonds is 3. The number of aromatic nitrogens is 1. The zero-order valence-electron chi connectivity index (χ0n) is 14.0. The van der Waals surface area contributed by atoms with Gasteiger partial charge in [0.2, 0.25) is 0 Å². The van der Waals surface area contributed by atoms with Gasteiger partial charge in [-0.1, -0.05) is 18.2 Å². The van der Waals surface area contributed by atoms with E-state index >= 15 is 0 Å². The molecule has 0 aliphatic carbocycles. The molecular weight excluding hydrogens is 286 g/mol. The van der Waals surface area contributed by atoms with E-state index < -0.39 is 0 Å². The molecule has 4 rings (SSSR count). The molecule has 1 unspecified atom stereocenters. The summed E-state index contributed by atoms with van der Waals surface area (Å²) in [6, 6.07) is 8.48. The summed E-state index contributed by atoms with van der Waals surface area (Å²) < 4.78 is 6.12. The zero-order valence-corrected chi connectivity index (χ0v) is 14.0. The molecule has 2 aliphatic rings. The van der Waals surface area contributed by atoms with Crippen LogP contribution in [0.25, 0.3) is 10.9 Å². The van der Waals surface area contributed by atoms with E-state index in [-0.39, 0.29) is 11.7 Å². The molecule has 3 heterocycles. The highest BCUT2D eigenvalue weighted by atomic mass is 16.5. The fourth-order valence-electron chi connectivity index (χ4n) is 4.03. The molecule has 23 heavy (non-hydrogen) atoms. The summed E-state index contributed by atoms with van der Waals surface area (Å²) in [5.41, 5.74) is 3.81. The molecule has 1 aromatic carbocycles. The van der Waals surface area contributed by atoms with Crippen LogP contribution in [0.3, 0.4) is 0 Å². The van der Waals surface area contributed by atoms with Crippen molar-refractivity contribution in [2.45, 2.75) is 37.9 Å². The highest BCUT2D eigenvalue weighted by molar-refractivity contribution is 6.00. The predicted molar refractivity (Wildman–Crippen MR) is 94.3 cm³/mol. The molecule has 2 aliphatic heterocycles. The quantitative estimate of drug-likeness (QED) is 0.946. The number of piperidine rings is 1. The van der Waals surface area contributed by atoms with Crippen molar-refractivity contribution >= 4 is 16.6 Å². The Balaban J connectivity index is 1.46. The lowest BCUT2D eigenvalue weighted by Crippen LogP contribution is -2.63. The number of para-hydroxylation sites is 1. The van der Waals surface area contributed by atoms with Crippen molar-refractivity contribution < 1.29 is 4.74 Å². The summed E-state index contributed by atoms with van der Waals surface area (Å²) in [5.74, 6) is 0. The molecule has 4 heteroatoms. The van der Waals surface area contributed by atoms with Crippen LogP contribution in [0.2, 0.25) is 0 Å². The predicted octanol–water partition coefficient (Wildman–Crippen LogP) is 3.03. The molecule has 0 saturated carbocycles. The van der Waals surface area contributed by atoms with Crippen LogP contribution in [0.1, 0.15) is 25.3 Å². The number of hydrogen-bond donors (Lipinski definition) is 1. The van der Waals surface area contributed by atoms with Crippen molar-refractivity contribution in [3.63, 3.8) is 0 Å². The summed E-state index contributed by atoms with van der Waals surface area (Å²) in [4.78, 5) is 10.7. The lowest BCUT2D eigenvalue weighted by atomic mass is 9.79. The van der Waals surface area contributed by atoms with E-state index in [9.17, 15) is 0 Å². The molecule has 1 atom stereocenters. The number of fused-ring (bicyclic) bond motifs is 1. The smallest absolute Gasteiger partial charge is 0.112 e. The number of nitrogens with zero attached hydrogens (tertiary/aromatic N) is 2. The minimum Gasteiger partial charge on any atom is -0.361 e. The van der Waals surface area contributed by atoms with Gasteiger partial charge in [-0.3, -0.25) is 4.99 Å². The third-order valence-electron chi connectivity index (χ3n) is 5.39. The largest absolute Gasteiger partial charge is 0.361 e. The Hall–Kier alpha value is -1.65. The molecule has 122 valence electrons. The van der Waals surface area contributed by atoms with Gasteiger partial charge in [0.25, 0.3) is 0 Å². The van der Waals surface area contributed by atoms with Crippen LogP contribution in [0, 0.1) is 0 Å². The SMILES string of the molecule is CC1OC2(CCN(C)CC2)C1=NCCc1c[nH]c2ccccc12. The number of benzene rings is 1. The maximum Gasteiger partial charge on any atom is 0.112 e. The van der Waals surface area contributed by atoms with Gasteiger partial charge in [-0.25, -0.2) is 0 Å². The summed E-state index contributed by atoms with van der Waals surface area (Å²) >= 11 is 0. The minimum atomic E-state index is -0.0495. The molecule has 2 aromatic rings. The van der Waals surface area contributed by atoms with Crippen molar-refractivity contribution in [1.29, 1.82) is 0 Å². The van der Waals surface area contributed by atoms with Crippen LogP contribution >= 0.6 is 0 Å². The van der Waals surface area contributed by atoms with Gasteiger partial charge in [-0.2, -0.15) is 0 Å². The van der Waals surface area contributed by atoms with Crippen LogP contribution in [0.4, 0.5) is 0 Å². The Bertz CT molecular complexity index is 725. The fourth-order valence-corrected chi connectivity index (χ4v) is 4.03. The molecule has 4 nitrogen and oxygen atoms in total. The summed E-state index contributed by atoms with van der Waals surface area (Å²) in [6.45, 7) is 5.19. The topological polar surface area (TPSA) is 40.6 Å². The van der Waals surface area contributed by atoms with E-state index in [0.29, 0.717) is 0 Å². The second-order valence-corrected chi connectivity index (χ2v) is 6.93. The Morgan fingerprint density at radius 2 is 2.09 bits per heavy atom. The van der Waals surface area contributed by atoms with Gasteiger partial charge in [-0.15, -0.1) is 0 Å². The summed E-state index contributed by atoms with van der Waals surface area (Å²) in [6.07, 6.45) is 5.47. The van der Waals surface area contributed by atoms with Crippen LogP contribution in [-0.4, -0.2) is 54.0 Å². The Morgan fingerprint density at radius 1 is 1.30 bits per heavy atom. The van der Waals surface area contributed by atoms with Gasteiger partial charge < -0.3 is 14.6 Å². The highest BCUT2D eigenvalue weighted by Gasteiger charge is 2.51. The monoisotopic (exact) mass is 311 g/mol. The van der Waals surface area contributed by atoms with Crippen molar-refractivity contribution in [3.05, 3.63) is 36.0 Å². The maximum absolute atomic E-state index is 6.12. The van der Waals surface area contributed by atoms with Crippen LogP contribution in [0.5, 0.6) is 0 Å². The Labute approximate surface area is 137 Å². The van der Waals surface area contributed by atoms with E-state index in [2.05, 4.69) is 54.3 Å². The second-order valence-electron chi connectivity index (χ2n) is 6.93. The van der Waals surface area contributed by atoms with Gasteiger partial charge in [0.05, 0.1) is 11.8 Å². The average molecular weight is 311 g/mol. The molecule has 1 spiro atoms. The molecule has 2 saturated heterocycles. The van der Waals surface area contributed by atoms with Crippen LogP contribution < -0.4 is 0 Å². The van der Waals surface area contributed by atoms with Gasteiger partial charge in [0, 0.05) is 36.7 Å². The van der Waals surface area contributed by atoms with E-state index in [1.807, 2.05) is 0 Å². The number of ether oxygens (including phenoxy) is 1. The van der Waals surface area contributed by atoms with Gasteiger partial charge >= 0.3 is 0 Å². The normalized spacial score (nSPS) is 26.0. The third-order valence-corrected chi connectivity index (χ3v) is 5.39. The zero-order chi connectivity index (χ0) is 15.9. The van der Waals surface area contributed by atoms with Crippen molar-refractivity contribution in [3.8, 4) is 0 Å². The van der Waals surface area contributed by atoms with E-state index in [0.717, 1.165) is 38.9 Å². The maximum atomic E-state index is 6.12. The summed E-state index contributed by atoms with van der Waals surface area (Å²) in [7, 11) is 2.18. The molecule has 0 radical (unpaired) electrons. The average Bonchev–Trinajstić information content (AvgIpc) is 2.97. The van der Waals surface area contributed by atoms with E-state index in [4.69, 9.17) is 9.73 Å². The first-order valence-electron chi connectivity index (χ1n) is 8.64. The molecule has 1 N–H and O–H groups in total. The first-order valence-corrected chi connectivity index (χ1v) is 8.64. The van der Waals surface area contributed by atoms with Crippen molar-refractivity contribution in [1.82, 2.24) is 9.88 Å². The van der Waals surface area contributed by atoms with Crippen LogP contribution in [-0.2, 0) is 11.2 Å². The van der Waals surface area contributed by atoms with Gasteiger partial charge in [0.15, 0.2) is 0 Å². The summed E-state index contributed by atoms with van der Waals surface area (Å²) in [5, 5.41) is 1.32. The minimum absolute atomic E-state index is 0.0495. The van der Waals surface area contributed by atoms with Crippen molar-refractivity contribution in [2.75, 3.05) is 26.7 Å². The third kappa shape index (κ3) is 2.60.